The third-order valence-electron chi connectivity index (χ3n) is 3.48. The molecule has 1 rings (SSSR count). The smallest absolute Gasteiger partial charge is 0.319 e. The Morgan fingerprint density at radius 2 is 2.05 bits per heavy atom. The van der Waals surface area contributed by atoms with Gasteiger partial charge in [-0.25, -0.2) is 4.79 Å². The Morgan fingerprint density at radius 1 is 1.41 bits per heavy atom. The standard InChI is InChI=1S/C14H20ClN3O4/c1-3-9(4-2)13(19)8-16-14(20)17-12-6-5-10(18(21)22)7-11(12)15/h5-7,9,13,19H,3-4,8H2,1-2H3,(H2,16,17,20). The maximum absolute atomic E-state index is 11.8. The number of carbonyl (C=O) groups excluding carboxylic acids is 1. The van der Waals surface area contributed by atoms with E-state index in [2.05, 4.69) is 10.6 Å². The number of carbonyl (C=O) groups is 1. The van der Waals surface area contributed by atoms with Gasteiger partial charge in [0.1, 0.15) is 0 Å². The van der Waals surface area contributed by atoms with E-state index in [9.17, 15) is 20.0 Å². The van der Waals surface area contributed by atoms with Crippen molar-refractivity contribution in [3.63, 3.8) is 0 Å². The molecular weight excluding hydrogens is 310 g/mol. The number of aliphatic hydroxyl groups excluding tert-OH is 1. The molecule has 0 aromatic heterocycles. The van der Waals surface area contributed by atoms with Gasteiger partial charge in [0, 0.05) is 18.7 Å². The fourth-order valence-electron chi connectivity index (χ4n) is 2.08. The van der Waals surface area contributed by atoms with Gasteiger partial charge in [0.25, 0.3) is 5.69 Å². The average molecular weight is 330 g/mol. The lowest BCUT2D eigenvalue weighted by atomic mass is 9.97. The van der Waals surface area contributed by atoms with Gasteiger partial charge in [-0.15, -0.1) is 0 Å². The summed E-state index contributed by atoms with van der Waals surface area (Å²) in [5, 5.41) is 25.7. The predicted molar refractivity (Wildman–Crippen MR) is 85.2 cm³/mol. The number of rotatable bonds is 7. The summed E-state index contributed by atoms with van der Waals surface area (Å²) in [5.74, 6) is 0.128. The van der Waals surface area contributed by atoms with Crippen molar-refractivity contribution in [2.75, 3.05) is 11.9 Å². The number of non-ortho nitro benzene ring substituents is 1. The second kappa shape index (κ2) is 8.55. The number of nitro benzene ring substituents is 1. The van der Waals surface area contributed by atoms with Gasteiger partial charge in [0.05, 0.1) is 21.7 Å². The van der Waals surface area contributed by atoms with Crippen LogP contribution in [-0.2, 0) is 0 Å². The Kier molecular flexibility index (Phi) is 7.07. The molecule has 1 aromatic rings. The first-order valence-electron chi connectivity index (χ1n) is 7.05. The van der Waals surface area contributed by atoms with Crippen LogP contribution in [0, 0.1) is 16.0 Å². The van der Waals surface area contributed by atoms with Crippen LogP contribution in [-0.4, -0.2) is 28.7 Å². The van der Waals surface area contributed by atoms with Crippen LogP contribution in [0.25, 0.3) is 0 Å². The van der Waals surface area contributed by atoms with Crippen molar-refractivity contribution in [2.24, 2.45) is 5.92 Å². The van der Waals surface area contributed by atoms with E-state index in [0.29, 0.717) is 0 Å². The SMILES string of the molecule is CCC(CC)C(O)CNC(=O)Nc1ccc([N+](=O)[O-])cc1Cl. The molecule has 22 heavy (non-hydrogen) atoms. The molecule has 0 heterocycles. The predicted octanol–water partition coefficient (Wildman–Crippen LogP) is 3.17. The van der Waals surface area contributed by atoms with Crippen molar-refractivity contribution >= 4 is 29.0 Å². The first-order valence-corrected chi connectivity index (χ1v) is 7.43. The van der Waals surface area contributed by atoms with E-state index in [4.69, 9.17) is 11.6 Å². The highest BCUT2D eigenvalue weighted by atomic mass is 35.5. The number of nitrogens with one attached hydrogen (secondary N) is 2. The van der Waals surface area contributed by atoms with Gasteiger partial charge in [-0.1, -0.05) is 38.3 Å². The highest BCUT2D eigenvalue weighted by Crippen LogP contribution is 2.26. The minimum Gasteiger partial charge on any atom is -0.391 e. The monoisotopic (exact) mass is 329 g/mol. The normalized spacial score (nSPS) is 12.0. The van der Waals surface area contributed by atoms with E-state index in [1.54, 1.807) is 0 Å². The molecule has 7 nitrogen and oxygen atoms in total. The average Bonchev–Trinajstić information content (AvgIpc) is 2.48. The molecule has 1 unspecified atom stereocenters. The van der Waals surface area contributed by atoms with Gasteiger partial charge in [-0.2, -0.15) is 0 Å². The van der Waals surface area contributed by atoms with Crippen molar-refractivity contribution in [1.29, 1.82) is 0 Å². The molecule has 2 amide bonds. The van der Waals surface area contributed by atoms with E-state index in [-0.39, 0.29) is 28.9 Å². The molecule has 0 spiro atoms. The molecule has 0 aliphatic carbocycles. The van der Waals surface area contributed by atoms with Crippen LogP contribution in [0.5, 0.6) is 0 Å². The number of halogens is 1. The molecule has 122 valence electrons. The third-order valence-corrected chi connectivity index (χ3v) is 3.79. The molecule has 0 fully saturated rings. The van der Waals surface area contributed by atoms with Crippen LogP contribution in [0.3, 0.4) is 0 Å². The molecule has 8 heteroatoms. The summed E-state index contributed by atoms with van der Waals surface area (Å²) in [6.45, 7) is 4.09. The topological polar surface area (TPSA) is 104 Å². The Balaban J connectivity index is 2.57. The number of hydrogen-bond acceptors (Lipinski definition) is 4. The summed E-state index contributed by atoms with van der Waals surface area (Å²) < 4.78 is 0. The van der Waals surface area contributed by atoms with E-state index in [1.807, 2.05) is 13.8 Å². The highest BCUT2D eigenvalue weighted by molar-refractivity contribution is 6.33. The zero-order chi connectivity index (χ0) is 16.7. The Bertz CT molecular complexity index is 535. The largest absolute Gasteiger partial charge is 0.391 e. The first-order chi connectivity index (χ1) is 10.4. The minimum absolute atomic E-state index is 0.0740. The molecular formula is C14H20ClN3O4. The van der Waals surface area contributed by atoms with Crippen LogP contribution >= 0.6 is 11.6 Å². The molecule has 0 saturated heterocycles. The number of benzene rings is 1. The summed E-state index contributed by atoms with van der Waals surface area (Å²) in [5.41, 5.74) is 0.113. The van der Waals surface area contributed by atoms with Crippen LogP contribution in [0.1, 0.15) is 26.7 Å². The molecule has 1 atom stereocenters. The maximum Gasteiger partial charge on any atom is 0.319 e. The number of hydrogen-bond donors (Lipinski definition) is 3. The zero-order valence-corrected chi connectivity index (χ0v) is 13.3. The highest BCUT2D eigenvalue weighted by Gasteiger charge is 2.17. The van der Waals surface area contributed by atoms with Gasteiger partial charge in [-0.05, 0) is 12.0 Å². The number of anilines is 1. The Labute approximate surface area is 133 Å². The number of urea groups is 1. The molecule has 0 saturated carbocycles. The van der Waals surface area contributed by atoms with Crippen LogP contribution in [0.15, 0.2) is 18.2 Å². The fourth-order valence-corrected chi connectivity index (χ4v) is 2.30. The lowest BCUT2D eigenvalue weighted by Gasteiger charge is -2.20. The van der Waals surface area contributed by atoms with E-state index in [0.717, 1.165) is 18.9 Å². The quantitative estimate of drug-likeness (QED) is 0.527. The van der Waals surface area contributed by atoms with E-state index < -0.39 is 17.1 Å². The Morgan fingerprint density at radius 3 is 2.55 bits per heavy atom. The van der Waals surface area contributed by atoms with Crippen LogP contribution in [0.4, 0.5) is 16.2 Å². The molecule has 0 bridgehead atoms. The molecule has 3 N–H and O–H groups in total. The van der Waals surface area contributed by atoms with Gasteiger partial charge in [0.15, 0.2) is 0 Å². The van der Waals surface area contributed by atoms with Gasteiger partial charge in [-0.3, -0.25) is 10.1 Å². The molecule has 0 radical (unpaired) electrons. The molecule has 0 aliphatic rings. The van der Waals surface area contributed by atoms with Crippen molar-refractivity contribution < 1.29 is 14.8 Å². The van der Waals surface area contributed by atoms with Gasteiger partial charge >= 0.3 is 6.03 Å². The van der Waals surface area contributed by atoms with Crippen molar-refractivity contribution in [3.8, 4) is 0 Å². The second-order valence-electron chi connectivity index (χ2n) is 4.90. The summed E-state index contributed by atoms with van der Waals surface area (Å²) in [6.07, 6.45) is 1.04. The van der Waals surface area contributed by atoms with Crippen molar-refractivity contribution in [2.45, 2.75) is 32.8 Å². The zero-order valence-electron chi connectivity index (χ0n) is 12.5. The molecule has 1 aromatic carbocycles. The molecule has 0 aliphatic heterocycles. The number of aliphatic hydroxyl groups is 1. The summed E-state index contributed by atoms with van der Waals surface area (Å²) >= 11 is 5.88. The number of nitro groups is 1. The number of nitrogens with zero attached hydrogens (tertiary/aromatic N) is 1. The maximum atomic E-state index is 11.8. The third kappa shape index (κ3) is 5.16. The van der Waals surface area contributed by atoms with Crippen molar-refractivity contribution in [3.05, 3.63) is 33.3 Å². The first kappa shape index (κ1) is 18.2. The fraction of sp³-hybridized carbons (Fsp3) is 0.500. The lowest BCUT2D eigenvalue weighted by Crippen LogP contribution is -2.38. The van der Waals surface area contributed by atoms with Crippen molar-refractivity contribution in [1.82, 2.24) is 5.32 Å². The van der Waals surface area contributed by atoms with E-state index in [1.165, 1.54) is 12.1 Å². The minimum atomic E-state index is -0.618. The van der Waals surface area contributed by atoms with Crippen LogP contribution < -0.4 is 10.6 Å². The summed E-state index contributed by atoms with van der Waals surface area (Å²) in [4.78, 5) is 21.8. The lowest BCUT2D eigenvalue weighted by molar-refractivity contribution is -0.384. The Hall–Kier alpha value is -1.86. The summed E-state index contributed by atoms with van der Waals surface area (Å²) in [7, 11) is 0. The van der Waals surface area contributed by atoms with Crippen LogP contribution in [0.2, 0.25) is 5.02 Å². The summed E-state index contributed by atoms with van der Waals surface area (Å²) in [6, 6.07) is 3.24. The van der Waals surface area contributed by atoms with E-state index >= 15 is 0 Å². The second-order valence-corrected chi connectivity index (χ2v) is 5.31. The number of amides is 2. The van der Waals surface area contributed by atoms with Gasteiger partial charge in [0.2, 0.25) is 0 Å². The van der Waals surface area contributed by atoms with Gasteiger partial charge < -0.3 is 15.7 Å².